The standard InChI is InChI=1S/C20H28Br2N4O6S/c21-15-16(22)19(29)26(18(15)28)6-8-32-10-9-31-7-5-23-14(27)4-2-1-3-13-17-12(11-33-13)24-20(30)25-17/h12-13,17H,1-11H2,(H,23,27)(H2,24,25,30)/t12-,13-,17-/m0/s1. The summed E-state index contributed by atoms with van der Waals surface area (Å²) in [5.41, 5.74) is 0. The maximum atomic E-state index is 11.9. The smallest absolute Gasteiger partial charge is 0.315 e. The van der Waals surface area contributed by atoms with Crippen LogP contribution in [-0.4, -0.2) is 91.3 Å². The minimum Gasteiger partial charge on any atom is -0.377 e. The number of imide groups is 1. The lowest BCUT2D eigenvalue weighted by atomic mass is 10.0. The van der Waals surface area contributed by atoms with Crippen LogP contribution in [0.25, 0.3) is 0 Å². The first kappa shape index (κ1) is 26.5. The molecule has 2 saturated heterocycles. The topological polar surface area (TPSA) is 126 Å². The third-order valence-corrected chi connectivity index (χ3v) is 9.05. The fraction of sp³-hybridized carbons (Fsp3) is 0.700. The van der Waals surface area contributed by atoms with Crippen LogP contribution in [0.2, 0.25) is 0 Å². The average Bonchev–Trinajstić information content (AvgIpc) is 3.40. The summed E-state index contributed by atoms with van der Waals surface area (Å²) in [6, 6.07) is 0.378. The summed E-state index contributed by atoms with van der Waals surface area (Å²) in [7, 11) is 0. The van der Waals surface area contributed by atoms with Gasteiger partial charge in [0.05, 0.1) is 45.1 Å². The first-order valence-corrected chi connectivity index (χ1v) is 13.5. The van der Waals surface area contributed by atoms with Gasteiger partial charge in [-0.2, -0.15) is 11.8 Å². The second kappa shape index (κ2) is 13.1. The van der Waals surface area contributed by atoms with Gasteiger partial charge in [-0.3, -0.25) is 19.3 Å². The van der Waals surface area contributed by atoms with E-state index in [1.807, 2.05) is 11.8 Å². The van der Waals surface area contributed by atoms with E-state index in [0.717, 1.165) is 29.9 Å². The van der Waals surface area contributed by atoms with Crippen LogP contribution in [0.4, 0.5) is 4.79 Å². The number of hydrogen-bond acceptors (Lipinski definition) is 7. The number of carbonyl (C=O) groups is 4. The monoisotopic (exact) mass is 610 g/mol. The van der Waals surface area contributed by atoms with Gasteiger partial charge in [-0.15, -0.1) is 0 Å². The fourth-order valence-electron chi connectivity index (χ4n) is 3.82. The van der Waals surface area contributed by atoms with Crippen molar-refractivity contribution in [1.29, 1.82) is 0 Å². The van der Waals surface area contributed by atoms with Gasteiger partial charge in [0.25, 0.3) is 11.8 Å². The maximum absolute atomic E-state index is 11.9. The Hall–Kier alpha value is -1.15. The maximum Gasteiger partial charge on any atom is 0.315 e. The molecule has 3 aliphatic rings. The van der Waals surface area contributed by atoms with Gasteiger partial charge in [-0.05, 0) is 44.7 Å². The van der Waals surface area contributed by atoms with Crippen molar-refractivity contribution in [3.8, 4) is 0 Å². The highest BCUT2D eigenvalue weighted by Crippen LogP contribution is 2.33. The molecule has 3 N–H and O–H groups in total. The van der Waals surface area contributed by atoms with Gasteiger partial charge >= 0.3 is 6.03 Å². The van der Waals surface area contributed by atoms with Crippen LogP contribution < -0.4 is 16.0 Å². The van der Waals surface area contributed by atoms with Gasteiger partial charge in [0.2, 0.25) is 5.91 Å². The van der Waals surface area contributed by atoms with E-state index in [-0.39, 0.29) is 58.0 Å². The molecule has 0 saturated carbocycles. The second-order valence-corrected chi connectivity index (χ2v) is 10.7. The van der Waals surface area contributed by atoms with Crippen molar-refractivity contribution in [3.05, 3.63) is 8.96 Å². The summed E-state index contributed by atoms with van der Waals surface area (Å²) in [6.07, 6.45) is 3.25. The Morgan fingerprint density at radius 3 is 2.45 bits per heavy atom. The van der Waals surface area contributed by atoms with Crippen LogP contribution in [0.5, 0.6) is 0 Å². The highest BCUT2D eigenvalue weighted by Gasteiger charge is 2.42. The Kier molecular flexibility index (Phi) is 10.5. The lowest BCUT2D eigenvalue weighted by molar-refractivity contribution is -0.138. The zero-order chi connectivity index (χ0) is 23.8. The summed E-state index contributed by atoms with van der Waals surface area (Å²) >= 11 is 8.03. The summed E-state index contributed by atoms with van der Waals surface area (Å²) in [5, 5.41) is 9.18. The number of amides is 5. The third kappa shape index (κ3) is 7.41. The number of nitrogens with one attached hydrogen (secondary N) is 3. The average molecular weight is 612 g/mol. The van der Waals surface area contributed by atoms with Gasteiger partial charge in [0, 0.05) is 24.0 Å². The quantitative estimate of drug-likeness (QED) is 0.153. The van der Waals surface area contributed by atoms with Crippen molar-refractivity contribution in [2.45, 2.75) is 43.0 Å². The van der Waals surface area contributed by atoms with Gasteiger partial charge in [-0.1, -0.05) is 6.42 Å². The fourth-order valence-corrected chi connectivity index (χ4v) is 6.13. The molecule has 2 fully saturated rings. The molecule has 5 amide bonds. The van der Waals surface area contributed by atoms with E-state index in [2.05, 4.69) is 47.8 Å². The number of hydrogen-bond donors (Lipinski definition) is 3. The molecular weight excluding hydrogens is 584 g/mol. The van der Waals surface area contributed by atoms with Crippen LogP contribution in [0.15, 0.2) is 8.96 Å². The molecule has 0 aromatic heterocycles. The lowest BCUT2D eigenvalue weighted by Gasteiger charge is -2.16. The van der Waals surface area contributed by atoms with Crippen LogP contribution in [0.3, 0.4) is 0 Å². The Balaban J connectivity index is 1.11. The number of fused-ring (bicyclic) bond motifs is 1. The van der Waals surface area contributed by atoms with Crippen LogP contribution in [0, 0.1) is 0 Å². The second-order valence-electron chi connectivity index (χ2n) is 7.83. The number of unbranched alkanes of at least 4 members (excludes halogenated alkanes) is 1. The van der Waals surface area contributed by atoms with Crippen molar-refractivity contribution in [1.82, 2.24) is 20.9 Å². The van der Waals surface area contributed by atoms with E-state index in [4.69, 9.17) is 9.47 Å². The van der Waals surface area contributed by atoms with Crippen LogP contribution in [-0.2, 0) is 23.9 Å². The minimum absolute atomic E-state index is 0.00789. The van der Waals surface area contributed by atoms with Gasteiger partial charge in [0.1, 0.15) is 8.96 Å². The molecule has 33 heavy (non-hydrogen) atoms. The zero-order valence-electron chi connectivity index (χ0n) is 18.1. The number of thioether (sulfide) groups is 1. The molecule has 0 bridgehead atoms. The van der Waals surface area contributed by atoms with E-state index in [9.17, 15) is 19.2 Å². The summed E-state index contributed by atoms with van der Waals surface area (Å²) in [6.45, 7) is 1.90. The summed E-state index contributed by atoms with van der Waals surface area (Å²) in [4.78, 5) is 48.1. The van der Waals surface area contributed by atoms with Crippen molar-refractivity contribution < 1.29 is 28.7 Å². The Morgan fingerprint density at radius 1 is 1.03 bits per heavy atom. The molecule has 0 aromatic rings. The summed E-state index contributed by atoms with van der Waals surface area (Å²) < 4.78 is 11.3. The minimum atomic E-state index is -0.381. The van der Waals surface area contributed by atoms with E-state index < -0.39 is 0 Å². The van der Waals surface area contributed by atoms with Gasteiger partial charge in [-0.25, -0.2) is 4.79 Å². The Bertz CT molecular complexity index is 775. The number of rotatable bonds is 14. The van der Waals surface area contributed by atoms with E-state index in [0.29, 0.717) is 38.0 Å². The number of halogens is 2. The van der Waals surface area contributed by atoms with Crippen LogP contribution in [0.1, 0.15) is 25.7 Å². The highest BCUT2D eigenvalue weighted by molar-refractivity contribution is 9.14. The third-order valence-electron chi connectivity index (χ3n) is 5.54. The van der Waals surface area contributed by atoms with Crippen molar-refractivity contribution in [2.24, 2.45) is 0 Å². The van der Waals surface area contributed by atoms with Crippen molar-refractivity contribution in [3.63, 3.8) is 0 Å². The number of carbonyl (C=O) groups excluding carboxylic acids is 4. The van der Waals surface area contributed by atoms with Crippen molar-refractivity contribution >= 4 is 67.4 Å². The predicted molar refractivity (Wildman–Crippen MR) is 130 cm³/mol. The molecule has 0 radical (unpaired) electrons. The molecule has 0 aliphatic carbocycles. The normalized spacial score (nSPS) is 24.4. The zero-order valence-corrected chi connectivity index (χ0v) is 22.1. The van der Waals surface area contributed by atoms with E-state index >= 15 is 0 Å². The number of ether oxygens (including phenoxy) is 2. The molecule has 0 unspecified atom stereocenters. The van der Waals surface area contributed by atoms with Crippen LogP contribution >= 0.6 is 43.6 Å². The van der Waals surface area contributed by atoms with Crippen molar-refractivity contribution in [2.75, 3.05) is 45.3 Å². The molecule has 3 atom stereocenters. The lowest BCUT2D eigenvalue weighted by Crippen LogP contribution is -2.36. The SMILES string of the molecule is O=C(CCCC[C@@H]1SC[C@@H]2NC(=O)N[C@@H]21)NCCOCCOCCN1C(=O)C(Br)=C(Br)C1=O. The van der Waals surface area contributed by atoms with E-state index in [1.54, 1.807) is 0 Å². The predicted octanol–water partition coefficient (Wildman–Crippen LogP) is 1.23. The highest BCUT2D eigenvalue weighted by atomic mass is 79.9. The largest absolute Gasteiger partial charge is 0.377 e. The molecule has 0 spiro atoms. The van der Waals surface area contributed by atoms with Gasteiger partial charge < -0.3 is 25.4 Å². The molecule has 10 nitrogen and oxygen atoms in total. The molecule has 0 aromatic carbocycles. The first-order chi connectivity index (χ1) is 15.9. The number of nitrogens with zero attached hydrogens (tertiary/aromatic N) is 1. The van der Waals surface area contributed by atoms with Gasteiger partial charge in [0.15, 0.2) is 0 Å². The summed E-state index contributed by atoms with van der Waals surface area (Å²) in [5.74, 6) is 0.194. The molecule has 3 aliphatic heterocycles. The number of urea groups is 1. The molecule has 184 valence electrons. The molecule has 3 heterocycles. The Morgan fingerprint density at radius 2 is 1.73 bits per heavy atom. The molecule has 13 heteroatoms. The molecular formula is C20H28Br2N4O6S. The molecule has 3 rings (SSSR count). The van der Waals surface area contributed by atoms with E-state index in [1.165, 1.54) is 0 Å². The Labute approximate surface area is 213 Å². The first-order valence-electron chi connectivity index (χ1n) is 10.9.